The van der Waals surface area contributed by atoms with Gasteiger partial charge in [-0.05, 0) is 53.1 Å². The Kier molecular flexibility index (Phi) is 7.19. The molecule has 0 N–H and O–H groups in total. The Morgan fingerprint density at radius 2 is 1.26 bits per heavy atom. The van der Waals surface area contributed by atoms with Crippen molar-refractivity contribution in [2.24, 2.45) is 0 Å². The van der Waals surface area contributed by atoms with Gasteiger partial charge >= 0.3 is 0 Å². The fraction of sp³-hybridized carbons (Fsp3) is 0.0541. The van der Waals surface area contributed by atoms with Crippen molar-refractivity contribution in [3.05, 3.63) is 155 Å². The van der Waals surface area contributed by atoms with E-state index in [2.05, 4.69) is 24.3 Å². The van der Waals surface area contributed by atoms with E-state index in [-0.39, 0.29) is 16.8 Å². The summed E-state index contributed by atoms with van der Waals surface area (Å²) in [7, 11) is 0. The topological polar surface area (TPSA) is 55.2 Å². The van der Waals surface area contributed by atoms with Crippen molar-refractivity contribution >= 4 is 40.3 Å². The molecule has 0 saturated carbocycles. The summed E-state index contributed by atoms with van der Waals surface area (Å²) < 4.78 is 1.68. The first-order valence-electron chi connectivity index (χ1n) is 14.1. The Hall–Kier alpha value is -5.20. The maximum Gasteiger partial charge on any atom is 0.266 e. The van der Waals surface area contributed by atoms with Gasteiger partial charge in [-0.15, -0.1) is 11.8 Å². The molecule has 1 amide bonds. The molecule has 1 saturated heterocycles. The molecule has 5 nitrogen and oxygen atoms in total. The van der Waals surface area contributed by atoms with Crippen LogP contribution in [0.5, 0.6) is 0 Å². The number of para-hydroxylation sites is 1. The lowest BCUT2D eigenvalue weighted by atomic mass is 10.0. The summed E-state index contributed by atoms with van der Waals surface area (Å²) in [5, 5.41) is 0.527. The van der Waals surface area contributed by atoms with Gasteiger partial charge in [0.05, 0.1) is 22.3 Å². The number of carbonyl (C=O) groups is 1. The number of aromatic nitrogens is 2. The van der Waals surface area contributed by atoms with Crippen molar-refractivity contribution in [1.82, 2.24) is 9.55 Å². The van der Waals surface area contributed by atoms with E-state index in [0.29, 0.717) is 22.5 Å². The van der Waals surface area contributed by atoms with Crippen LogP contribution in [-0.2, 0) is 4.79 Å². The van der Waals surface area contributed by atoms with Crippen LogP contribution in [0.1, 0.15) is 5.56 Å². The summed E-state index contributed by atoms with van der Waals surface area (Å²) in [6, 6.07) is 43.4. The van der Waals surface area contributed by atoms with E-state index in [1.807, 2.05) is 126 Å². The van der Waals surface area contributed by atoms with E-state index in [0.717, 1.165) is 33.6 Å². The number of thioether (sulfide) groups is 1. The van der Waals surface area contributed by atoms with E-state index in [4.69, 9.17) is 4.98 Å². The average Bonchev–Trinajstić information content (AvgIpc) is 3.44. The Morgan fingerprint density at radius 1 is 0.651 bits per heavy atom. The summed E-state index contributed by atoms with van der Waals surface area (Å²) in [6.45, 7) is 0. The Balaban J connectivity index is 1.18. The first kappa shape index (κ1) is 26.7. The third-order valence-corrected chi connectivity index (χ3v) is 8.69. The van der Waals surface area contributed by atoms with Crippen LogP contribution in [0.4, 0.5) is 5.69 Å². The molecule has 2 heterocycles. The maximum absolute atomic E-state index is 13.7. The summed E-state index contributed by atoms with van der Waals surface area (Å²) >= 11 is 1.63. The van der Waals surface area contributed by atoms with Gasteiger partial charge in [0, 0.05) is 11.3 Å². The molecule has 0 radical (unpaired) electrons. The minimum atomic E-state index is -0.106. The summed E-state index contributed by atoms with van der Waals surface area (Å²) in [6.07, 6.45) is 4.16. The van der Waals surface area contributed by atoms with Gasteiger partial charge in [-0.2, -0.15) is 0 Å². The zero-order chi connectivity index (χ0) is 29.2. The van der Waals surface area contributed by atoms with Crippen LogP contribution < -0.4 is 10.5 Å². The SMILES string of the molecule is O=C1CS[C@@H](/C=C\c2ccccc2)N1c1ccc(-c2ccc(-n3c(-c4ccccc4)nc4ccccc4c3=O)cc2)cc1. The largest absolute Gasteiger partial charge is 0.296 e. The lowest BCUT2D eigenvalue weighted by molar-refractivity contribution is -0.115. The number of carbonyl (C=O) groups excluding carboxylic acids is 1. The monoisotopic (exact) mass is 577 g/mol. The second-order valence-corrected chi connectivity index (χ2v) is 11.4. The molecule has 0 bridgehead atoms. The minimum Gasteiger partial charge on any atom is -0.296 e. The summed E-state index contributed by atoms with van der Waals surface area (Å²) in [4.78, 5) is 33.2. The number of fused-ring (bicyclic) bond motifs is 1. The molecular formula is C37H27N3O2S. The second-order valence-electron chi connectivity index (χ2n) is 10.3. The quantitative estimate of drug-likeness (QED) is 0.202. The number of hydrogen-bond acceptors (Lipinski definition) is 4. The molecule has 43 heavy (non-hydrogen) atoms. The smallest absolute Gasteiger partial charge is 0.266 e. The van der Waals surface area contributed by atoms with E-state index in [1.54, 1.807) is 16.3 Å². The van der Waals surface area contributed by atoms with Crippen LogP contribution in [0.15, 0.2) is 144 Å². The molecule has 1 atom stereocenters. The molecule has 208 valence electrons. The van der Waals surface area contributed by atoms with Gasteiger partial charge in [0.1, 0.15) is 11.2 Å². The first-order valence-corrected chi connectivity index (χ1v) is 15.2. The van der Waals surface area contributed by atoms with E-state index in [9.17, 15) is 9.59 Å². The summed E-state index contributed by atoms with van der Waals surface area (Å²) in [5.74, 6) is 1.17. The van der Waals surface area contributed by atoms with E-state index >= 15 is 0 Å². The minimum absolute atomic E-state index is 0.0504. The fourth-order valence-electron chi connectivity index (χ4n) is 5.40. The number of amides is 1. The van der Waals surface area contributed by atoms with Gasteiger partial charge in [-0.25, -0.2) is 4.98 Å². The predicted octanol–water partition coefficient (Wildman–Crippen LogP) is 7.84. The fourth-order valence-corrected chi connectivity index (χ4v) is 6.43. The van der Waals surface area contributed by atoms with Crippen molar-refractivity contribution in [3.63, 3.8) is 0 Å². The number of nitrogens with zero attached hydrogens (tertiary/aromatic N) is 3. The molecule has 1 aromatic heterocycles. The molecular weight excluding hydrogens is 550 g/mol. The van der Waals surface area contributed by atoms with Crippen molar-refractivity contribution < 1.29 is 4.79 Å². The third kappa shape index (κ3) is 5.29. The zero-order valence-electron chi connectivity index (χ0n) is 23.2. The van der Waals surface area contributed by atoms with Gasteiger partial charge in [-0.1, -0.05) is 109 Å². The van der Waals surface area contributed by atoms with Crippen LogP contribution in [0.25, 0.3) is 45.2 Å². The van der Waals surface area contributed by atoms with Crippen LogP contribution in [0, 0.1) is 0 Å². The van der Waals surface area contributed by atoms with Gasteiger partial charge in [-0.3, -0.25) is 19.1 Å². The highest BCUT2D eigenvalue weighted by Gasteiger charge is 2.31. The third-order valence-electron chi connectivity index (χ3n) is 7.57. The predicted molar refractivity (Wildman–Crippen MR) is 177 cm³/mol. The zero-order valence-corrected chi connectivity index (χ0v) is 24.0. The lowest BCUT2D eigenvalue weighted by Crippen LogP contribution is -2.31. The van der Waals surface area contributed by atoms with Crippen molar-refractivity contribution in [2.75, 3.05) is 10.7 Å². The van der Waals surface area contributed by atoms with E-state index < -0.39 is 0 Å². The average molecular weight is 578 g/mol. The van der Waals surface area contributed by atoms with Crippen molar-refractivity contribution in [1.29, 1.82) is 0 Å². The molecule has 6 aromatic rings. The van der Waals surface area contributed by atoms with E-state index in [1.165, 1.54) is 0 Å². The Morgan fingerprint density at radius 3 is 1.95 bits per heavy atom. The molecule has 1 aliphatic rings. The van der Waals surface area contributed by atoms with Gasteiger partial charge < -0.3 is 0 Å². The molecule has 5 aromatic carbocycles. The van der Waals surface area contributed by atoms with Crippen LogP contribution in [0.2, 0.25) is 0 Å². The molecule has 0 spiro atoms. The van der Waals surface area contributed by atoms with Crippen LogP contribution >= 0.6 is 11.8 Å². The first-order chi connectivity index (χ1) is 21.2. The highest BCUT2D eigenvalue weighted by Crippen LogP contribution is 2.33. The number of hydrogen-bond donors (Lipinski definition) is 0. The van der Waals surface area contributed by atoms with Crippen LogP contribution in [0.3, 0.4) is 0 Å². The molecule has 6 heteroatoms. The molecule has 1 aliphatic heterocycles. The summed E-state index contributed by atoms with van der Waals surface area (Å²) in [5.41, 5.74) is 6.21. The molecule has 0 aliphatic carbocycles. The highest BCUT2D eigenvalue weighted by molar-refractivity contribution is 8.01. The normalized spacial score (nSPS) is 15.0. The number of anilines is 1. The van der Waals surface area contributed by atoms with Crippen LogP contribution in [-0.4, -0.2) is 26.6 Å². The standard InChI is InChI=1S/C37H27N3O2S/c41-34-25-43-35(24-15-26-9-3-1-4-10-26)39(34)30-20-16-27(17-21-30)28-18-22-31(23-19-28)40-36(29-11-5-2-6-12-29)38-33-14-8-7-13-32(33)37(40)42/h1-24,35H,25H2/b24-15-/t35-/m0/s1. The second kappa shape index (κ2) is 11.6. The maximum atomic E-state index is 13.7. The molecule has 7 rings (SSSR count). The van der Waals surface area contributed by atoms with Crippen molar-refractivity contribution in [3.8, 4) is 28.2 Å². The Labute approximate surface area is 253 Å². The van der Waals surface area contributed by atoms with Gasteiger partial charge in [0.25, 0.3) is 5.56 Å². The molecule has 1 fully saturated rings. The molecule has 0 unspecified atom stereocenters. The van der Waals surface area contributed by atoms with Crippen molar-refractivity contribution in [2.45, 2.75) is 5.37 Å². The number of benzene rings is 5. The Bertz CT molecular complexity index is 2000. The number of rotatable bonds is 6. The highest BCUT2D eigenvalue weighted by atomic mass is 32.2. The lowest BCUT2D eigenvalue weighted by Gasteiger charge is -2.22. The van der Waals surface area contributed by atoms with Gasteiger partial charge in [0.15, 0.2) is 0 Å². The van der Waals surface area contributed by atoms with Gasteiger partial charge in [0.2, 0.25) is 5.91 Å².